The minimum atomic E-state index is 0. The average molecular weight is 339 g/mol. The predicted octanol–water partition coefficient (Wildman–Crippen LogP) is 3.93. The molecule has 3 nitrogen and oxygen atoms in total. The van der Waals surface area contributed by atoms with Gasteiger partial charge in [-0.05, 0) is 38.4 Å². The molecule has 5 heteroatoms. The van der Waals surface area contributed by atoms with Gasteiger partial charge < -0.3 is 10.2 Å². The quantitative estimate of drug-likeness (QED) is 0.916. The Balaban J connectivity index is 0.00000176. The van der Waals surface area contributed by atoms with Gasteiger partial charge in [-0.3, -0.25) is 4.79 Å². The van der Waals surface area contributed by atoms with E-state index in [1.165, 1.54) is 4.70 Å². The summed E-state index contributed by atoms with van der Waals surface area (Å²) in [7, 11) is 0. The Labute approximate surface area is 142 Å². The summed E-state index contributed by atoms with van der Waals surface area (Å²) in [5, 5.41) is 6.50. The van der Waals surface area contributed by atoms with Gasteiger partial charge in [-0.2, -0.15) is 0 Å². The van der Waals surface area contributed by atoms with Crippen molar-refractivity contribution in [3.8, 4) is 0 Å². The molecular formula is C17H23ClN2OS. The maximum Gasteiger partial charge on any atom is 0.255 e. The number of rotatable bonds is 4. The lowest BCUT2D eigenvalue weighted by Crippen LogP contribution is -2.46. The molecule has 3 rings (SSSR count). The van der Waals surface area contributed by atoms with Crippen molar-refractivity contribution in [2.24, 2.45) is 0 Å². The van der Waals surface area contributed by atoms with Crippen LogP contribution in [0.15, 0.2) is 29.6 Å². The number of piperidine rings is 1. The number of carbonyl (C=O) groups is 1. The largest absolute Gasteiger partial charge is 0.336 e. The highest BCUT2D eigenvalue weighted by atomic mass is 35.5. The average Bonchev–Trinajstić information content (AvgIpc) is 2.97. The molecule has 120 valence electrons. The molecule has 0 radical (unpaired) electrons. The van der Waals surface area contributed by atoms with E-state index in [-0.39, 0.29) is 18.3 Å². The molecular weight excluding hydrogens is 316 g/mol. The first-order valence-corrected chi connectivity index (χ1v) is 8.67. The number of nitrogens with zero attached hydrogens (tertiary/aromatic N) is 1. The van der Waals surface area contributed by atoms with Crippen LogP contribution in [0.2, 0.25) is 0 Å². The van der Waals surface area contributed by atoms with Gasteiger partial charge in [0.05, 0.1) is 5.56 Å². The van der Waals surface area contributed by atoms with Crippen molar-refractivity contribution in [2.45, 2.75) is 32.2 Å². The predicted molar refractivity (Wildman–Crippen MR) is 96.3 cm³/mol. The standard InChI is InChI=1S/C17H22N2OS.ClH/c1-2-11-19(13-7-9-18-10-8-13)17(20)15-12-21-16-6-4-3-5-14(15)16;/h3-6,12-13,18H,2,7-11H2,1H3;1H. The smallest absolute Gasteiger partial charge is 0.255 e. The molecule has 0 aliphatic carbocycles. The molecule has 1 fully saturated rings. The third kappa shape index (κ3) is 3.45. The van der Waals surface area contributed by atoms with E-state index >= 15 is 0 Å². The molecule has 1 aliphatic rings. The van der Waals surface area contributed by atoms with E-state index in [4.69, 9.17) is 0 Å². The van der Waals surface area contributed by atoms with Gasteiger partial charge in [0.15, 0.2) is 0 Å². The van der Waals surface area contributed by atoms with Crippen molar-refractivity contribution in [3.63, 3.8) is 0 Å². The van der Waals surface area contributed by atoms with Gasteiger partial charge >= 0.3 is 0 Å². The van der Waals surface area contributed by atoms with Gasteiger partial charge in [0, 0.05) is 28.1 Å². The Morgan fingerprint density at radius 1 is 1.32 bits per heavy atom. The maximum absolute atomic E-state index is 13.0. The Hall–Kier alpha value is -1.10. The van der Waals surface area contributed by atoms with Crippen molar-refractivity contribution in [1.29, 1.82) is 0 Å². The monoisotopic (exact) mass is 338 g/mol. The van der Waals surface area contributed by atoms with Crippen LogP contribution in [0.3, 0.4) is 0 Å². The first-order chi connectivity index (χ1) is 10.3. The van der Waals surface area contributed by atoms with Gasteiger partial charge in [0.25, 0.3) is 5.91 Å². The molecule has 22 heavy (non-hydrogen) atoms. The van der Waals surface area contributed by atoms with Crippen LogP contribution < -0.4 is 5.32 Å². The number of nitrogens with one attached hydrogen (secondary N) is 1. The number of hydrogen-bond donors (Lipinski definition) is 1. The van der Waals surface area contributed by atoms with Crippen LogP contribution in [-0.2, 0) is 0 Å². The van der Waals surface area contributed by atoms with Crippen molar-refractivity contribution in [1.82, 2.24) is 10.2 Å². The first-order valence-electron chi connectivity index (χ1n) is 7.79. The number of fused-ring (bicyclic) bond motifs is 1. The Morgan fingerprint density at radius 3 is 2.77 bits per heavy atom. The molecule has 0 bridgehead atoms. The Morgan fingerprint density at radius 2 is 2.05 bits per heavy atom. The van der Waals surface area contributed by atoms with E-state index in [0.29, 0.717) is 6.04 Å². The Kier molecular flexibility index (Phi) is 6.24. The van der Waals surface area contributed by atoms with E-state index in [9.17, 15) is 4.79 Å². The van der Waals surface area contributed by atoms with Crippen LogP contribution >= 0.6 is 23.7 Å². The van der Waals surface area contributed by atoms with Crippen molar-refractivity contribution in [3.05, 3.63) is 35.2 Å². The van der Waals surface area contributed by atoms with Gasteiger partial charge in [0.2, 0.25) is 0 Å². The van der Waals surface area contributed by atoms with Crippen LogP contribution in [0.1, 0.15) is 36.5 Å². The summed E-state index contributed by atoms with van der Waals surface area (Å²) in [6.45, 7) is 5.03. The summed E-state index contributed by atoms with van der Waals surface area (Å²) in [5.41, 5.74) is 0.877. The number of amides is 1. The molecule has 1 saturated heterocycles. The van der Waals surface area contributed by atoms with E-state index in [2.05, 4.69) is 29.3 Å². The summed E-state index contributed by atoms with van der Waals surface area (Å²) in [4.78, 5) is 15.1. The minimum absolute atomic E-state index is 0. The minimum Gasteiger partial charge on any atom is -0.336 e. The number of benzene rings is 1. The number of hydrogen-bond acceptors (Lipinski definition) is 3. The zero-order valence-corrected chi connectivity index (χ0v) is 14.5. The molecule has 1 amide bonds. The van der Waals surface area contributed by atoms with Gasteiger partial charge in [-0.25, -0.2) is 0 Å². The van der Waals surface area contributed by atoms with E-state index in [0.717, 1.165) is 49.8 Å². The molecule has 0 unspecified atom stereocenters. The van der Waals surface area contributed by atoms with Crippen molar-refractivity contribution < 1.29 is 4.79 Å². The summed E-state index contributed by atoms with van der Waals surface area (Å²) in [6, 6.07) is 8.58. The highest BCUT2D eigenvalue weighted by molar-refractivity contribution is 7.17. The number of thiophene rings is 1. The number of carbonyl (C=O) groups excluding carboxylic acids is 1. The maximum atomic E-state index is 13.0. The number of halogens is 1. The van der Waals surface area contributed by atoms with E-state index < -0.39 is 0 Å². The first kappa shape index (κ1) is 17.3. The highest BCUT2D eigenvalue weighted by Gasteiger charge is 2.26. The van der Waals surface area contributed by atoms with Crippen LogP contribution in [-0.4, -0.2) is 36.5 Å². The summed E-state index contributed by atoms with van der Waals surface area (Å²) < 4.78 is 1.20. The SMILES string of the molecule is CCCN(C(=O)c1csc2ccccc12)C1CCNCC1.Cl. The molecule has 2 aromatic rings. The lowest BCUT2D eigenvalue weighted by molar-refractivity contribution is 0.0645. The molecule has 1 aromatic carbocycles. The fourth-order valence-electron chi connectivity index (χ4n) is 3.11. The highest BCUT2D eigenvalue weighted by Crippen LogP contribution is 2.28. The van der Waals surface area contributed by atoms with Gasteiger partial charge in [-0.15, -0.1) is 23.7 Å². The lowest BCUT2D eigenvalue weighted by atomic mass is 10.0. The normalized spacial score (nSPS) is 15.5. The van der Waals surface area contributed by atoms with Crippen molar-refractivity contribution >= 4 is 39.7 Å². The third-order valence-electron chi connectivity index (χ3n) is 4.19. The fourth-order valence-corrected chi connectivity index (χ4v) is 4.04. The van der Waals surface area contributed by atoms with Gasteiger partial charge in [-0.1, -0.05) is 25.1 Å². The fraction of sp³-hybridized carbons (Fsp3) is 0.471. The summed E-state index contributed by atoms with van der Waals surface area (Å²) >= 11 is 1.66. The molecule has 1 aromatic heterocycles. The van der Waals surface area contributed by atoms with Crippen molar-refractivity contribution in [2.75, 3.05) is 19.6 Å². The zero-order chi connectivity index (χ0) is 14.7. The summed E-state index contributed by atoms with van der Waals surface area (Å²) in [5.74, 6) is 0.209. The van der Waals surface area contributed by atoms with Crippen LogP contribution in [0, 0.1) is 0 Å². The second-order valence-corrected chi connectivity index (χ2v) is 6.54. The zero-order valence-electron chi connectivity index (χ0n) is 12.9. The Bertz CT molecular complexity index is 622. The van der Waals surface area contributed by atoms with E-state index in [1.54, 1.807) is 11.3 Å². The molecule has 2 heterocycles. The van der Waals surface area contributed by atoms with Crippen LogP contribution in [0.5, 0.6) is 0 Å². The van der Waals surface area contributed by atoms with E-state index in [1.807, 2.05) is 17.5 Å². The van der Waals surface area contributed by atoms with Crippen LogP contribution in [0.25, 0.3) is 10.1 Å². The van der Waals surface area contributed by atoms with Crippen LogP contribution in [0.4, 0.5) is 0 Å². The molecule has 0 saturated carbocycles. The third-order valence-corrected chi connectivity index (χ3v) is 5.15. The van der Waals surface area contributed by atoms with Gasteiger partial charge in [0.1, 0.15) is 0 Å². The molecule has 1 N–H and O–H groups in total. The molecule has 1 aliphatic heterocycles. The molecule has 0 atom stereocenters. The topological polar surface area (TPSA) is 32.3 Å². The summed E-state index contributed by atoms with van der Waals surface area (Å²) in [6.07, 6.45) is 3.14. The molecule has 0 spiro atoms. The second kappa shape index (κ2) is 7.95. The lowest BCUT2D eigenvalue weighted by Gasteiger charge is -2.34. The second-order valence-electron chi connectivity index (χ2n) is 5.63.